The van der Waals surface area contributed by atoms with Crippen LogP contribution in [0.4, 0.5) is 0 Å². The largest absolute Gasteiger partial charge is 0.379 e. The van der Waals surface area contributed by atoms with Crippen molar-refractivity contribution in [1.29, 1.82) is 0 Å². The number of hydrogen-bond donors (Lipinski definition) is 2. The number of carbonyl (C=O) groups is 1. The van der Waals surface area contributed by atoms with Crippen LogP contribution >= 0.6 is 24.0 Å². The Balaban J connectivity index is 0.00000364. The van der Waals surface area contributed by atoms with E-state index in [1.807, 2.05) is 0 Å². The molecule has 0 aromatic rings. The molecule has 0 radical (unpaired) electrons. The molecule has 0 unspecified atom stereocenters. The van der Waals surface area contributed by atoms with Crippen LogP contribution in [0, 0.1) is 0 Å². The molecule has 1 heterocycles. The number of sulfone groups is 1. The van der Waals surface area contributed by atoms with Gasteiger partial charge < -0.3 is 20.3 Å². The van der Waals surface area contributed by atoms with Crippen LogP contribution < -0.4 is 10.6 Å². The minimum atomic E-state index is -2.98. The standard InChI is InChI=1S/C16H31N5O4S.HI/c1-17-16(18-5-10-25-11-12-26(2,23)24)21-8-6-20(7-9-21)13-15(22)19-14-3-4-14;/h14H,3-13H2,1-2H3,(H,17,18)(H,19,22);1H. The second kappa shape index (κ2) is 12.0. The van der Waals surface area contributed by atoms with Crippen molar-refractivity contribution in [3.05, 3.63) is 0 Å². The highest BCUT2D eigenvalue weighted by molar-refractivity contribution is 14.0. The summed E-state index contributed by atoms with van der Waals surface area (Å²) >= 11 is 0. The lowest BCUT2D eigenvalue weighted by atomic mass is 10.3. The average molecular weight is 517 g/mol. The van der Waals surface area contributed by atoms with E-state index in [0.717, 1.165) is 45.0 Å². The number of guanidine groups is 1. The first kappa shape index (κ1) is 24.4. The summed E-state index contributed by atoms with van der Waals surface area (Å²) in [6, 6.07) is 0.409. The van der Waals surface area contributed by atoms with Crippen molar-refractivity contribution < 1.29 is 17.9 Å². The average Bonchev–Trinajstić information content (AvgIpc) is 3.38. The van der Waals surface area contributed by atoms with Gasteiger partial charge in [-0.1, -0.05) is 0 Å². The molecule has 11 heteroatoms. The molecule has 0 atom stereocenters. The van der Waals surface area contributed by atoms with Gasteiger partial charge in [0.15, 0.2) is 5.96 Å². The maximum Gasteiger partial charge on any atom is 0.234 e. The van der Waals surface area contributed by atoms with E-state index in [1.165, 1.54) is 6.26 Å². The number of nitrogens with zero attached hydrogens (tertiary/aromatic N) is 3. The van der Waals surface area contributed by atoms with Gasteiger partial charge in [0.2, 0.25) is 5.91 Å². The van der Waals surface area contributed by atoms with E-state index >= 15 is 0 Å². The molecule has 0 aromatic carbocycles. The molecule has 0 spiro atoms. The Bertz CT molecular complexity index is 590. The molecule has 27 heavy (non-hydrogen) atoms. The molecule has 1 amide bonds. The molecule has 2 rings (SSSR count). The van der Waals surface area contributed by atoms with Gasteiger partial charge in [0.1, 0.15) is 9.84 Å². The molecule has 1 aliphatic carbocycles. The first-order valence-electron chi connectivity index (χ1n) is 9.10. The Kier molecular flexibility index (Phi) is 10.9. The SMILES string of the molecule is CN=C(NCCOCCS(C)(=O)=O)N1CCN(CC(=O)NC2CC2)CC1.I. The summed E-state index contributed by atoms with van der Waals surface area (Å²) in [6.45, 7) is 4.94. The highest BCUT2D eigenvalue weighted by Crippen LogP contribution is 2.18. The lowest BCUT2D eigenvalue weighted by molar-refractivity contribution is -0.122. The van der Waals surface area contributed by atoms with Crippen LogP contribution in [0.2, 0.25) is 0 Å². The third-order valence-corrected chi connectivity index (χ3v) is 5.23. The summed E-state index contributed by atoms with van der Waals surface area (Å²) in [5.74, 6) is 0.964. The summed E-state index contributed by atoms with van der Waals surface area (Å²) in [7, 11) is -1.24. The Morgan fingerprint density at radius 1 is 1.19 bits per heavy atom. The number of rotatable bonds is 9. The zero-order chi connectivity index (χ0) is 19.0. The highest BCUT2D eigenvalue weighted by atomic mass is 127. The zero-order valence-electron chi connectivity index (χ0n) is 16.1. The summed E-state index contributed by atoms with van der Waals surface area (Å²) in [6.07, 6.45) is 3.42. The fourth-order valence-electron chi connectivity index (χ4n) is 2.70. The predicted octanol–water partition coefficient (Wildman–Crippen LogP) is -0.863. The maximum atomic E-state index is 11.9. The molecule has 9 nitrogen and oxygen atoms in total. The Morgan fingerprint density at radius 2 is 1.85 bits per heavy atom. The van der Waals surface area contributed by atoms with Crippen LogP contribution in [0.3, 0.4) is 0 Å². The minimum Gasteiger partial charge on any atom is -0.379 e. The van der Waals surface area contributed by atoms with E-state index in [4.69, 9.17) is 4.74 Å². The predicted molar refractivity (Wildman–Crippen MR) is 116 cm³/mol. The molecule has 2 N–H and O–H groups in total. The summed E-state index contributed by atoms with van der Waals surface area (Å²) in [5.41, 5.74) is 0. The fraction of sp³-hybridized carbons (Fsp3) is 0.875. The number of aliphatic imine (C=N–C) groups is 1. The normalized spacial score (nSPS) is 18.7. The highest BCUT2D eigenvalue weighted by Gasteiger charge is 2.25. The van der Waals surface area contributed by atoms with Crippen molar-refractivity contribution >= 4 is 45.7 Å². The first-order valence-corrected chi connectivity index (χ1v) is 11.2. The Morgan fingerprint density at radius 3 is 2.41 bits per heavy atom. The first-order chi connectivity index (χ1) is 12.4. The van der Waals surface area contributed by atoms with Crippen molar-refractivity contribution in [3.8, 4) is 0 Å². The summed E-state index contributed by atoms with van der Waals surface area (Å²) in [4.78, 5) is 20.5. The van der Waals surface area contributed by atoms with Crippen LogP contribution in [-0.4, -0.2) is 108 Å². The number of carbonyl (C=O) groups excluding carboxylic acids is 1. The van der Waals surface area contributed by atoms with Crippen molar-refractivity contribution in [2.75, 3.05) is 71.5 Å². The van der Waals surface area contributed by atoms with Crippen LogP contribution in [-0.2, 0) is 19.4 Å². The van der Waals surface area contributed by atoms with E-state index < -0.39 is 9.84 Å². The minimum absolute atomic E-state index is 0. The van der Waals surface area contributed by atoms with Gasteiger partial charge in [-0.3, -0.25) is 14.7 Å². The van der Waals surface area contributed by atoms with Gasteiger partial charge in [0.25, 0.3) is 0 Å². The molecular formula is C16H32IN5O4S. The van der Waals surface area contributed by atoms with E-state index in [0.29, 0.717) is 25.7 Å². The second-order valence-electron chi connectivity index (χ2n) is 6.82. The topological polar surface area (TPSA) is 103 Å². The molecular weight excluding hydrogens is 485 g/mol. The summed E-state index contributed by atoms with van der Waals surface area (Å²) in [5, 5.41) is 6.25. The number of ether oxygens (including phenoxy) is 1. The molecule has 0 aromatic heterocycles. The Labute approximate surface area is 179 Å². The number of nitrogens with one attached hydrogen (secondary N) is 2. The third-order valence-electron chi connectivity index (χ3n) is 4.32. The molecule has 2 aliphatic rings. The van der Waals surface area contributed by atoms with Gasteiger partial charge in [-0.2, -0.15) is 0 Å². The van der Waals surface area contributed by atoms with Crippen LogP contribution in [0.15, 0.2) is 4.99 Å². The molecule has 2 fully saturated rings. The van der Waals surface area contributed by atoms with Crippen molar-refractivity contribution in [2.24, 2.45) is 4.99 Å². The maximum absolute atomic E-state index is 11.9. The molecule has 1 saturated heterocycles. The van der Waals surface area contributed by atoms with Gasteiger partial charge >= 0.3 is 0 Å². The van der Waals surface area contributed by atoms with E-state index in [2.05, 4.69) is 25.4 Å². The van der Waals surface area contributed by atoms with Crippen molar-refractivity contribution in [2.45, 2.75) is 18.9 Å². The number of piperazine rings is 1. The van der Waals surface area contributed by atoms with Crippen LogP contribution in [0.25, 0.3) is 0 Å². The van der Waals surface area contributed by atoms with E-state index in [1.54, 1.807) is 7.05 Å². The molecule has 0 bridgehead atoms. The number of halogens is 1. The third kappa shape index (κ3) is 10.5. The van der Waals surface area contributed by atoms with Gasteiger partial charge in [0.05, 0.1) is 25.5 Å². The lowest BCUT2D eigenvalue weighted by Crippen LogP contribution is -2.54. The Hall–Kier alpha value is -0.660. The van der Waals surface area contributed by atoms with Crippen molar-refractivity contribution in [3.63, 3.8) is 0 Å². The monoisotopic (exact) mass is 517 g/mol. The van der Waals surface area contributed by atoms with Gasteiger partial charge in [-0.25, -0.2) is 8.42 Å². The summed E-state index contributed by atoms with van der Waals surface area (Å²) < 4.78 is 27.4. The fourth-order valence-corrected chi connectivity index (χ4v) is 3.12. The second-order valence-corrected chi connectivity index (χ2v) is 9.08. The lowest BCUT2D eigenvalue weighted by Gasteiger charge is -2.36. The smallest absolute Gasteiger partial charge is 0.234 e. The quantitative estimate of drug-likeness (QED) is 0.178. The van der Waals surface area contributed by atoms with Crippen molar-refractivity contribution in [1.82, 2.24) is 20.4 Å². The van der Waals surface area contributed by atoms with Gasteiger partial charge in [-0.05, 0) is 12.8 Å². The van der Waals surface area contributed by atoms with Gasteiger partial charge in [-0.15, -0.1) is 24.0 Å². The van der Waals surface area contributed by atoms with E-state index in [9.17, 15) is 13.2 Å². The molecule has 1 aliphatic heterocycles. The van der Waals surface area contributed by atoms with Gasteiger partial charge in [0, 0.05) is 52.1 Å². The molecule has 1 saturated carbocycles. The molecule has 158 valence electrons. The number of hydrogen-bond acceptors (Lipinski definition) is 6. The zero-order valence-corrected chi connectivity index (χ0v) is 19.3. The van der Waals surface area contributed by atoms with E-state index in [-0.39, 0.29) is 42.2 Å². The van der Waals surface area contributed by atoms with Crippen LogP contribution in [0.1, 0.15) is 12.8 Å². The van der Waals surface area contributed by atoms with Crippen LogP contribution in [0.5, 0.6) is 0 Å². The number of amides is 1.